The summed E-state index contributed by atoms with van der Waals surface area (Å²) in [6.45, 7) is 3.66. The Hall–Kier alpha value is -1.57. The van der Waals surface area contributed by atoms with Crippen molar-refractivity contribution in [3.05, 3.63) is 36.4 Å². The van der Waals surface area contributed by atoms with Crippen molar-refractivity contribution in [3.63, 3.8) is 0 Å². The van der Waals surface area contributed by atoms with Gasteiger partial charge in [0.15, 0.2) is 5.82 Å². The van der Waals surface area contributed by atoms with Gasteiger partial charge in [-0.2, -0.15) is 4.31 Å². The molecule has 1 saturated heterocycles. The summed E-state index contributed by atoms with van der Waals surface area (Å²) in [6, 6.07) is 4.58. The highest BCUT2D eigenvalue weighted by Gasteiger charge is 2.31. The van der Waals surface area contributed by atoms with E-state index in [2.05, 4.69) is 10.3 Å². The molecular formula is C16H22FN3O2S. The first-order chi connectivity index (χ1) is 10.5. The monoisotopic (exact) mass is 339 g/mol. The highest BCUT2D eigenvalue weighted by Crippen LogP contribution is 2.28. The normalized spacial score (nSPS) is 20.0. The Labute approximate surface area is 136 Å². The van der Waals surface area contributed by atoms with E-state index in [1.807, 2.05) is 6.92 Å². The molecule has 3 rings (SSSR count). The van der Waals surface area contributed by atoms with Gasteiger partial charge in [-0.3, -0.25) is 4.98 Å². The summed E-state index contributed by atoms with van der Waals surface area (Å²) in [6.07, 6.45) is 3.26. The van der Waals surface area contributed by atoms with Crippen LogP contribution in [0.2, 0.25) is 0 Å². The summed E-state index contributed by atoms with van der Waals surface area (Å²) < 4.78 is 41.7. The number of pyridine rings is 1. The molecule has 5 nitrogen and oxygen atoms in total. The van der Waals surface area contributed by atoms with Gasteiger partial charge in [-0.15, -0.1) is 0 Å². The van der Waals surface area contributed by atoms with Gasteiger partial charge in [0.2, 0.25) is 10.0 Å². The van der Waals surface area contributed by atoms with Gasteiger partial charge in [0.1, 0.15) is 0 Å². The van der Waals surface area contributed by atoms with E-state index in [9.17, 15) is 12.8 Å². The molecule has 1 aliphatic heterocycles. The lowest BCUT2D eigenvalue weighted by Gasteiger charge is -2.26. The number of nitrogens with one attached hydrogen (secondary N) is 1. The number of rotatable bonds is 2. The average Bonchev–Trinajstić information content (AvgIpc) is 2.72. The number of aromatic nitrogens is 1. The first kappa shape index (κ1) is 17.8. The van der Waals surface area contributed by atoms with E-state index < -0.39 is 15.8 Å². The smallest absolute Gasteiger partial charge is 0.244 e. The third-order valence-corrected chi connectivity index (χ3v) is 6.00. The van der Waals surface area contributed by atoms with Gasteiger partial charge in [0.05, 0.1) is 11.1 Å². The van der Waals surface area contributed by atoms with Crippen LogP contribution in [0.25, 0.3) is 10.8 Å². The van der Waals surface area contributed by atoms with Gasteiger partial charge in [-0.1, -0.05) is 19.6 Å². The molecule has 0 amide bonds. The van der Waals surface area contributed by atoms with E-state index in [0.29, 0.717) is 18.5 Å². The maximum atomic E-state index is 14.2. The number of hydrogen-bond acceptors (Lipinski definition) is 4. The van der Waals surface area contributed by atoms with E-state index in [4.69, 9.17) is 0 Å². The zero-order chi connectivity index (χ0) is 15.7. The van der Waals surface area contributed by atoms with Crippen LogP contribution in [0, 0.1) is 5.82 Å². The van der Waals surface area contributed by atoms with Crippen LogP contribution in [-0.2, 0) is 10.0 Å². The number of sulfonamides is 1. The minimum atomic E-state index is -3.76. The third kappa shape index (κ3) is 3.22. The minimum Gasteiger partial charge on any atom is -0.315 e. The molecule has 1 fully saturated rings. The number of fused-ring (bicyclic) bond motifs is 1. The van der Waals surface area contributed by atoms with Crippen LogP contribution in [0.15, 0.2) is 35.5 Å². The first-order valence-corrected chi connectivity index (χ1v) is 8.70. The van der Waals surface area contributed by atoms with Crippen LogP contribution in [0.3, 0.4) is 0 Å². The molecule has 1 aliphatic rings. The molecule has 23 heavy (non-hydrogen) atoms. The molecular weight excluding hydrogens is 317 g/mol. The summed E-state index contributed by atoms with van der Waals surface area (Å²) in [5, 5.41) is 3.81. The van der Waals surface area contributed by atoms with Crippen molar-refractivity contribution in [2.24, 2.45) is 0 Å². The number of nitrogens with zero attached hydrogens (tertiary/aromatic N) is 2. The van der Waals surface area contributed by atoms with E-state index in [1.54, 1.807) is 12.1 Å². The average molecular weight is 339 g/mol. The van der Waals surface area contributed by atoms with Crippen LogP contribution in [-0.4, -0.2) is 43.4 Å². The Morgan fingerprint density at radius 2 is 2.13 bits per heavy atom. The molecule has 1 atom stereocenters. The molecule has 2 aromatic rings. The summed E-state index contributed by atoms with van der Waals surface area (Å²) in [7, 11) is -3.76. The summed E-state index contributed by atoms with van der Waals surface area (Å²) in [5.74, 6) is -0.614. The minimum absolute atomic E-state index is 0. The highest BCUT2D eigenvalue weighted by atomic mass is 32.2. The summed E-state index contributed by atoms with van der Waals surface area (Å²) in [5.41, 5.74) is 0. The van der Waals surface area contributed by atoms with Gasteiger partial charge in [-0.25, -0.2) is 12.8 Å². The molecule has 0 saturated carbocycles. The van der Waals surface area contributed by atoms with Crippen LogP contribution < -0.4 is 5.32 Å². The highest BCUT2D eigenvalue weighted by molar-refractivity contribution is 7.89. The van der Waals surface area contributed by atoms with E-state index in [-0.39, 0.29) is 23.8 Å². The molecule has 0 bridgehead atoms. The predicted molar refractivity (Wildman–Crippen MR) is 89.3 cm³/mol. The second-order valence-electron chi connectivity index (χ2n) is 5.50. The van der Waals surface area contributed by atoms with Crippen LogP contribution in [0.1, 0.15) is 20.8 Å². The fourth-order valence-corrected chi connectivity index (χ4v) is 4.74. The maximum absolute atomic E-state index is 14.2. The summed E-state index contributed by atoms with van der Waals surface area (Å²) >= 11 is 0. The Morgan fingerprint density at radius 1 is 1.35 bits per heavy atom. The van der Waals surface area contributed by atoms with Crippen molar-refractivity contribution < 1.29 is 12.8 Å². The van der Waals surface area contributed by atoms with E-state index in [0.717, 1.165) is 19.2 Å². The van der Waals surface area contributed by atoms with Gasteiger partial charge in [-0.05, 0) is 26.0 Å². The number of benzene rings is 1. The molecule has 2 heterocycles. The quantitative estimate of drug-likeness (QED) is 0.912. The van der Waals surface area contributed by atoms with Crippen molar-refractivity contribution in [3.8, 4) is 0 Å². The molecule has 7 heteroatoms. The van der Waals surface area contributed by atoms with Crippen molar-refractivity contribution >= 4 is 20.8 Å². The third-order valence-electron chi connectivity index (χ3n) is 3.95. The van der Waals surface area contributed by atoms with Crippen molar-refractivity contribution in [1.82, 2.24) is 14.6 Å². The molecule has 0 unspecified atom stereocenters. The molecule has 0 spiro atoms. The second kappa shape index (κ2) is 6.90. The Balaban J connectivity index is 0.00000192. The van der Waals surface area contributed by atoms with Crippen molar-refractivity contribution in [1.29, 1.82) is 0 Å². The van der Waals surface area contributed by atoms with Crippen LogP contribution >= 0.6 is 0 Å². The Bertz CT molecular complexity index is 790. The molecule has 1 aromatic heterocycles. The van der Waals surface area contributed by atoms with Crippen molar-refractivity contribution in [2.75, 3.05) is 19.6 Å². The lowest BCUT2D eigenvalue weighted by Crippen LogP contribution is -2.41. The van der Waals surface area contributed by atoms with Crippen LogP contribution in [0.5, 0.6) is 0 Å². The molecule has 126 valence electrons. The van der Waals surface area contributed by atoms with E-state index in [1.165, 1.54) is 16.6 Å². The van der Waals surface area contributed by atoms with Crippen molar-refractivity contribution in [2.45, 2.75) is 31.7 Å². The van der Waals surface area contributed by atoms with Crippen LogP contribution in [0.4, 0.5) is 4.39 Å². The topological polar surface area (TPSA) is 62.3 Å². The first-order valence-electron chi connectivity index (χ1n) is 7.26. The molecule has 1 N–H and O–H groups in total. The lowest BCUT2D eigenvalue weighted by molar-refractivity contribution is 0.353. The standard InChI is InChI=1S/C15H18FN3O2S.CH4/c1-11-8-17-6-3-7-19(11)22(20,21)14-5-2-4-12-9-18-10-13(16)15(12)14;/h2,4-5,9-11,17H,3,6-8H2,1H3;1H4/t11-;/m0./s1. The molecule has 0 aliphatic carbocycles. The molecule has 0 radical (unpaired) electrons. The lowest BCUT2D eigenvalue weighted by atomic mass is 10.2. The zero-order valence-electron chi connectivity index (χ0n) is 12.3. The Morgan fingerprint density at radius 3 is 2.91 bits per heavy atom. The Kier molecular flexibility index (Phi) is 5.33. The number of halogens is 1. The largest absolute Gasteiger partial charge is 0.315 e. The number of hydrogen-bond donors (Lipinski definition) is 1. The SMILES string of the molecule is C.C[C@H]1CNCCCN1S(=O)(=O)c1cccc2cncc(F)c12. The van der Waals surface area contributed by atoms with Gasteiger partial charge >= 0.3 is 0 Å². The zero-order valence-corrected chi connectivity index (χ0v) is 13.1. The predicted octanol–water partition coefficient (Wildman–Crippen LogP) is 2.38. The maximum Gasteiger partial charge on any atom is 0.244 e. The second-order valence-corrected chi connectivity index (χ2v) is 7.36. The van der Waals surface area contributed by atoms with Gasteiger partial charge in [0.25, 0.3) is 0 Å². The fraction of sp³-hybridized carbons (Fsp3) is 0.438. The summed E-state index contributed by atoms with van der Waals surface area (Å²) in [4.78, 5) is 3.80. The molecule has 1 aromatic carbocycles. The van der Waals surface area contributed by atoms with Gasteiger partial charge in [0, 0.05) is 36.1 Å². The van der Waals surface area contributed by atoms with E-state index >= 15 is 0 Å². The van der Waals surface area contributed by atoms with Gasteiger partial charge < -0.3 is 5.32 Å². The fourth-order valence-electron chi connectivity index (χ4n) is 2.85.